The summed E-state index contributed by atoms with van der Waals surface area (Å²) in [7, 11) is 0. The molecule has 0 fully saturated rings. The summed E-state index contributed by atoms with van der Waals surface area (Å²) >= 11 is 0. The molecule has 0 saturated heterocycles. The second kappa shape index (κ2) is 11.2. The Balaban J connectivity index is 1.42. The molecule has 0 saturated carbocycles. The van der Waals surface area contributed by atoms with E-state index in [4.69, 9.17) is 30.0 Å². The lowest BCUT2D eigenvalue weighted by molar-refractivity contribution is 1.07. The zero-order valence-electron chi connectivity index (χ0n) is 35.6. The van der Waals surface area contributed by atoms with E-state index in [-0.39, 0.29) is 80.7 Å². The Morgan fingerprint density at radius 3 is 1.74 bits per heavy atom. The van der Waals surface area contributed by atoms with Crippen molar-refractivity contribution in [2.45, 2.75) is 0 Å². The minimum Gasteiger partial charge on any atom is -0.309 e. The van der Waals surface area contributed by atoms with Crippen molar-refractivity contribution in [3.63, 3.8) is 0 Å². The highest BCUT2D eigenvalue weighted by atomic mass is 15.0. The average molecular weight is 612 g/mol. The lowest BCUT2D eigenvalue weighted by atomic mass is 10.0. The van der Waals surface area contributed by atoms with Crippen LogP contribution in [-0.2, 0) is 0 Å². The summed E-state index contributed by atoms with van der Waals surface area (Å²) in [6.07, 6.45) is 0. The van der Waals surface area contributed by atoms with Crippen molar-refractivity contribution in [1.82, 2.24) is 19.5 Å². The zero-order chi connectivity index (χ0) is 40.7. The lowest BCUT2D eigenvalue weighted by Crippen LogP contribution is -2.02. The molecule has 0 aliphatic rings. The van der Waals surface area contributed by atoms with Gasteiger partial charge in [0.2, 0.25) is 0 Å². The molecule has 0 aliphatic carbocycles. The van der Waals surface area contributed by atoms with Gasteiger partial charge in [0, 0.05) is 33.2 Å². The molecule has 0 amide bonds. The Hall–Kier alpha value is -6.39. The number of rotatable bonds is 5. The summed E-state index contributed by atoms with van der Waals surface area (Å²) in [6, 6.07) is 26.2. The van der Waals surface area contributed by atoms with Crippen LogP contribution in [-0.4, -0.2) is 19.5 Å². The Labute approximate surface area is 287 Å². The third-order valence-corrected chi connectivity index (χ3v) is 8.03. The quantitative estimate of drug-likeness (QED) is 0.194. The minimum absolute atomic E-state index is 0.0416. The molecule has 0 aliphatic heterocycles. The van der Waals surface area contributed by atoms with Crippen molar-refractivity contribution in [1.29, 1.82) is 0 Å². The molecule has 0 radical (unpaired) electrons. The largest absolute Gasteiger partial charge is 0.309 e. The molecule has 9 rings (SSSR count). The van der Waals surface area contributed by atoms with Gasteiger partial charge in [-0.15, -0.1) is 0 Å². The van der Waals surface area contributed by atoms with Gasteiger partial charge in [0.1, 0.15) is 0 Å². The topological polar surface area (TPSA) is 43.6 Å². The predicted molar refractivity (Wildman–Crippen MR) is 193 cm³/mol. The number of hydrogen-bond donors (Lipinski definition) is 0. The number of para-hydroxylation sites is 2. The van der Waals surface area contributed by atoms with Crippen LogP contribution in [0.2, 0.25) is 0 Å². The van der Waals surface area contributed by atoms with Gasteiger partial charge in [0.25, 0.3) is 0 Å². The van der Waals surface area contributed by atoms with E-state index in [0.29, 0.717) is 28.3 Å². The molecule has 7 aromatic carbocycles. The molecular formula is C43H28N4. The van der Waals surface area contributed by atoms with E-state index in [1.807, 2.05) is 72.8 Å². The maximum atomic E-state index is 9.05. The molecule has 220 valence electrons. The molecule has 0 bridgehead atoms. The Kier molecular flexibility index (Phi) is 4.27. The van der Waals surface area contributed by atoms with Gasteiger partial charge in [-0.3, -0.25) is 0 Å². The molecule has 0 spiro atoms. The summed E-state index contributed by atoms with van der Waals surface area (Å²) in [4.78, 5) is 14.7. The van der Waals surface area contributed by atoms with E-state index in [0.717, 1.165) is 10.8 Å². The smallest absolute Gasteiger partial charge is 0.164 e. The number of benzene rings is 7. The normalized spacial score (nSPS) is 14.7. The first-order valence-electron chi connectivity index (χ1n) is 20.4. The van der Waals surface area contributed by atoms with Gasteiger partial charge in [0.15, 0.2) is 17.5 Å². The van der Waals surface area contributed by atoms with Crippen LogP contribution in [0, 0.1) is 0 Å². The number of fused-ring (bicyclic) bond motifs is 4. The Bertz CT molecular complexity index is 3100. The van der Waals surface area contributed by atoms with Crippen molar-refractivity contribution in [2.24, 2.45) is 0 Å². The fourth-order valence-electron chi connectivity index (χ4n) is 5.86. The standard InChI is InChI=1S/C43H28N4/c1-3-13-29(14-4-1)34-26-35(28-36(27-34)47-39-21-11-9-19-37(39)38-20-10-12-22-40(38)47)43-45-41(31-16-5-2-6-17-31)44-42(46-43)33-24-23-30-15-7-8-18-32(30)25-33/h1-28H/i1D,3D,4D,9D,10D,13D,14D,19D,20D,21D,22D. The summed E-state index contributed by atoms with van der Waals surface area (Å²) < 4.78 is 97.3. The summed E-state index contributed by atoms with van der Waals surface area (Å²) in [5.41, 5.74) is 2.16. The lowest BCUT2D eigenvalue weighted by Gasteiger charge is -2.14. The van der Waals surface area contributed by atoms with Crippen LogP contribution in [0.3, 0.4) is 0 Å². The molecule has 4 nitrogen and oxygen atoms in total. The van der Waals surface area contributed by atoms with Gasteiger partial charge in [-0.2, -0.15) is 0 Å². The summed E-state index contributed by atoms with van der Waals surface area (Å²) in [5.74, 6) is 0.840. The fourth-order valence-corrected chi connectivity index (χ4v) is 5.86. The highest BCUT2D eigenvalue weighted by Gasteiger charge is 2.17. The van der Waals surface area contributed by atoms with Crippen molar-refractivity contribution >= 4 is 32.6 Å². The van der Waals surface area contributed by atoms with Crippen molar-refractivity contribution < 1.29 is 15.1 Å². The fraction of sp³-hybridized carbons (Fsp3) is 0. The molecule has 2 aromatic heterocycles. The third kappa shape index (κ3) is 4.84. The maximum absolute atomic E-state index is 9.05. The van der Waals surface area contributed by atoms with Crippen LogP contribution in [0.1, 0.15) is 15.1 Å². The molecule has 2 heterocycles. The van der Waals surface area contributed by atoms with Gasteiger partial charge in [-0.25, -0.2) is 15.0 Å². The number of aromatic nitrogens is 4. The molecule has 9 aromatic rings. The van der Waals surface area contributed by atoms with Crippen LogP contribution in [0.5, 0.6) is 0 Å². The molecule has 0 N–H and O–H groups in total. The monoisotopic (exact) mass is 611 g/mol. The summed E-state index contributed by atoms with van der Waals surface area (Å²) in [6.45, 7) is 0. The first-order chi connectivity index (χ1) is 27.8. The molecule has 47 heavy (non-hydrogen) atoms. The van der Waals surface area contributed by atoms with Gasteiger partial charge < -0.3 is 4.57 Å². The van der Waals surface area contributed by atoms with E-state index in [1.165, 1.54) is 16.7 Å². The van der Waals surface area contributed by atoms with Gasteiger partial charge in [-0.05, 0) is 58.2 Å². The first-order valence-corrected chi connectivity index (χ1v) is 14.9. The van der Waals surface area contributed by atoms with E-state index in [9.17, 15) is 0 Å². The first kappa shape index (κ1) is 17.9. The van der Waals surface area contributed by atoms with Crippen LogP contribution in [0.4, 0.5) is 0 Å². The van der Waals surface area contributed by atoms with E-state index in [2.05, 4.69) is 0 Å². The molecule has 0 atom stereocenters. The number of hydrogen-bond acceptors (Lipinski definition) is 3. The van der Waals surface area contributed by atoms with Crippen LogP contribution in [0.15, 0.2) is 170 Å². The van der Waals surface area contributed by atoms with Crippen molar-refractivity contribution in [2.75, 3.05) is 0 Å². The second-order valence-corrected chi connectivity index (χ2v) is 10.9. The van der Waals surface area contributed by atoms with Crippen molar-refractivity contribution in [3.05, 3.63) is 170 Å². The molecular weight excluding hydrogens is 573 g/mol. The van der Waals surface area contributed by atoms with E-state index >= 15 is 0 Å². The maximum Gasteiger partial charge on any atom is 0.164 e. The average Bonchev–Trinajstić information content (AvgIpc) is 3.61. The molecule has 4 heteroatoms. The summed E-state index contributed by atoms with van der Waals surface area (Å²) in [5, 5.41) is 2.07. The van der Waals surface area contributed by atoms with Gasteiger partial charge >= 0.3 is 0 Å². The number of nitrogens with zero attached hydrogens (tertiary/aromatic N) is 4. The van der Waals surface area contributed by atoms with E-state index in [1.54, 1.807) is 18.2 Å². The highest BCUT2D eigenvalue weighted by Crippen LogP contribution is 2.36. The van der Waals surface area contributed by atoms with E-state index < -0.39 is 30.2 Å². The highest BCUT2D eigenvalue weighted by molar-refractivity contribution is 6.09. The van der Waals surface area contributed by atoms with Crippen molar-refractivity contribution in [3.8, 4) is 51.0 Å². The van der Waals surface area contributed by atoms with Crippen LogP contribution in [0.25, 0.3) is 83.6 Å². The zero-order valence-corrected chi connectivity index (χ0v) is 24.6. The van der Waals surface area contributed by atoms with Crippen LogP contribution < -0.4 is 0 Å². The third-order valence-electron chi connectivity index (χ3n) is 8.03. The predicted octanol–water partition coefficient (Wildman–Crippen LogP) is 10.8. The Morgan fingerprint density at radius 2 is 1.02 bits per heavy atom. The second-order valence-electron chi connectivity index (χ2n) is 10.9. The van der Waals surface area contributed by atoms with Gasteiger partial charge in [-0.1, -0.05) is 133 Å². The SMILES string of the molecule is [2H]c1cc([2H])c2c(c1[2H])c1c([2H])c([2H])cc([2H])c1n2-c1cc(-c2nc(-c3ccccc3)nc(-c3ccc4ccccc4c3)n2)cc(-c2c([2H])c([2H])c([2H])c([2H])c2[2H])c1. The minimum atomic E-state index is -0.566. The van der Waals surface area contributed by atoms with Crippen LogP contribution >= 0.6 is 0 Å². The molecule has 0 unspecified atom stereocenters. The Morgan fingerprint density at radius 1 is 0.404 bits per heavy atom. The van der Waals surface area contributed by atoms with Gasteiger partial charge in [0.05, 0.1) is 26.1 Å².